The summed E-state index contributed by atoms with van der Waals surface area (Å²) >= 11 is 0. The molecule has 176 valence electrons. The predicted molar refractivity (Wildman–Crippen MR) is 124 cm³/mol. The summed E-state index contributed by atoms with van der Waals surface area (Å²) in [4.78, 5) is 57.9. The minimum Gasteiger partial charge on any atom is -0.480 e. The van der Waals surface area contributed by atoms with Gasteiger partial charge in [0.15, 0.2) is 16.9 Å². The van der Waals surface area contributed by atoms with Gasteiger partial charge in [-0.1, -0.05) is 30.3 Å². The Labute approximate surface area is 193 Å². The molecule has 0 amide bonds. The van der Waals surface area contributed by atoms with Crippen LogP contribution >= 0.6 is 0 Å². The molecule has 11 nitrogen and oxygen atoms in total. The van der Waals surface area contributed by atoms with E-state index in [0.717, 1.165) is 23.2 Å². The maximum absolute atomic E-state index is 13.6. The summed E-state index contributed by atoms with van der Waals surface area (Å²) in [6.07, 6.45) is 2.74. The summed E-state index contributed by atoms with van der Waals surface area (Å²) < 4.78 is 3.40. The fraction of sp³-hybridized carbons (Fsp3) is 0.348. The van der Waals surface area contributed by atoms with Crippen molar-refractivity contribution < 1.29 is 14.7 Å². The molecule has 2 aromatic heterocycles. The first-order chi connectivity index (χ1) is 16.3. The normalized spacial score (nSPS) is 18.0. The molecule has 0 bridgehead atoms. The summed E-state index contributed by atoms with van der Waals surface area (Å²) in [7, 11) is 1.46. The minimum atomic E-state index is -1.14. The molecule has 34 heavy (non-hydrogen) atoms. The molecule has 2 N–H and O–H groups in total. The lowest BCUT2D eigenvalue weighted by molar-refractivity contribution is -0.140. The van der Waals surface area contributed by atoms with E-state index in [1.807, 2.05) is 11.1 Å². The van der Waals surface area contributed by atoms with Crippen molar-refractivity contribution in [2.45, 2.75) is 25.9 Å². The lowest BCUT2D eigenvalue weighted by Crippen LogP contribution is -2.41. The first-order valence-electron chi connectivity index (χ1n) is 11.0. The number of Topliss-reactive ketones (excluding diaryl/α,β-unsaturated/α-hetero) is 1. The lowest BCUT2D eigenvalue weighted by atomic mass is 10.1. The topological polar surface area (TPSA) is 131 Å². The van der Waals surface area contributed by atoms with E-state index in [-0.39, 0.29) is 17.1 Å². The van der Waals surface area contributed by atoms with E-state index in [2.05, 4.69) is 10.3 Å². The molecule has 1 fully saturated rings. The zero-order valence-electron chi connectivity index (χ0n) is 18.8. The Morgan fingerprint density at radius 1 is 1.24 bits per heavy atom. The van der Waals surface area contributed by atoms with Gasteiger partial charge in [0.25, 0.3) is 5.56 Å². The number of aryl methyl sites for hydroxylation is 1. The summed E-state index contributed by atoms with van der Waals surface area (Å²) in [5, 5.41) is 13.0. The van der Waals surface area contributed by atoms with Crippen LogP contribution < -0.4 is 21.5 Å². The van der Waals surface area contributed by atoms with Crippen molar-refractivity contribution in [1.82, 2.24) is 24.0 Å². The standard InChI is InChI=1S/C23H24N6O5/c1-13(21(32)33)29-18-19(25-22(29)27-9-8-15-10-24-11-16(15)27)26(2)23(34)28(20(18)31)12-17(30)14-6-4-3-5-7-14/h3-7,11,13,15,24H,8-10,12H2,1-2H3,(H,32,33). The number of nitrogens with one attached hydrogen (secondary N) is 1. The van der Waals surface area contributed by atoms with Gasteiger partial charge in [-0.25, -0.2) is 9.59 Å². The molecule has 2 aliphatic heterocycles. The summed E-state index contributed by atoms with van der Waals surface area (Å²) in [6.45, 7) is 2.40. The van der Waals surface area contributed by atoms with Crippen LogP contribution in [-0.2, 0) is 18.4 Å². The summed E-state index contributed by atoms with van der Waals surface area (Å²) in [6, 6.07) is 7.25. The number of carbonyl (C=O) groups is 2. The summed E-state index contributed by atoms with van der Waals surface area (Å²) in [5.41, 5.74) is -0.0444. The number of nitrogens with zero attached hydrogens (tertiary/aromatic N) is 5. The second-order valence-electron chi connectivity index (χ2n) is 8.61. The molecule has 0 aliphatic carbocycles. The van der Waals surface area contributed by atoms with Gasteiger partial charge in [-0.15, -0.1) is 0 Å². The van der Waals surface area contributed by atoms with Crippen molar-refractivity contribution in [2.75, 3.05) is 18.0 Å². The predicted octanol–water partition coefficient (Wildman–Crippen LogP) is 0.696. The number of benzene rings is 1. The number of aliphatic carboxylic acids is 1. The van der Waals surface area contributed by atoms with Crippen LogP contribution in [0.5, 0.6) is 0 Å². The van der Waals surface area contributed by atoms with Crippen LogP contribution in [-0.4, -0.2) is 48.6 Å². The second kappa shape index (κ2) is 8.01. The Kier molecular flexibility index (Phi) is 5.11. The largest absolute Gasteiger partial charge is 0.480 e. The van der Waals surface area contributed by atoms with Gasteiger partial charge in [0.2, 0.25) is 5.95 Å². The Balaban J connectivity index is 1.72. The maximum Gasteiger partial charge on any atom is 0.332 e. The molecule has 0 saturated carbocycles. The molecule has 1 aromatic carbocycles. The molecule has 1 saturated heterocycles. The van der Waals surface area contributed by atoms with Crippen LogP contribution in [0.25, 0.3) is 11.2 Å². The highest BCUT2D eigenvalue weighted by Crippen LogP contribution is 2.36. The molecule has 2 unspecified atom stereocenters. The van der Waals surface area contributed by atoms with Crippen molar-refractivity contribution in [3.63, 3.8) is 0 Å². The number of hydrogen-bond acceptors (Lipinski definition) is 7. The molecule has 2 aliphatic rings. The van der Waals surface area contributed by atoms with Gasteiger partial charge in [0.05, 0.1) is 6.54 Å². The number of carboxylic acids is 1. The molecule has 11 heteroatoms. The van der Waals surface area contributed by atoms with E-state index >= 15 is 0 Å². The molecule has 2 atom stereocenters. The third-order valence-electron chi connectivity index (χ3n) is 6.59. The highest BCUT2D eigenvalue weighted by molar-refractivity contribution is 5.96. The lowest BCUT2D eigenvalue weighted by Gasteiger charge is -2.22. The molecule has 0 radical (unpaired) electrons. The van der Waals surface area contributed by atoms with Gasteiger partial charge >= 0.3 is 11.7 Å². The number of ketones is 1. The number of aromatic nitrogens is 4. The van der Waals surface area contributed by atoms with E-state index in [4.69, 9.17) is 0 Å². The smallest absolute Gasteiger partial charge is 0.332 e. The van der Waals surface area contributed by atoms with E-state index in [0.29, 0.717) is 18.1 Å². The number of carboxylic acid groups (broad SMARTS) is 1. The number of hydrogen-bond donors (Lipinski definition) is 2. The van der Waals surface area contributed by atoms with Crippen LogP contribution in [0.3, 0.4) is 0 Å². The van der Waals surface area contributed by atoms with Crippen molar-refractivity contribution in [1.29, 1.82) is 0 Å². The average Bonchev–Trinajstić information content (AvgIpc) is 3.54. The van der Waals surface area contributed by atoms with Gasteiger partial charge in [0.1, 0.15) is 6.04 Å². The van der Waals surface area contributed by atoms with Crippen molar-refractivity contribution in [3.8, 4) is 0 Å². The third kappa shape index (κ3) is 3.23. The van der Waals surface area contributed by atoms with Crippen LogP contribution in [0.4, 0.5) is 5.95 Å². The Morgan fingerprint density at radius 3 is 2.68 bits per heavy atom. The first kappa shape index (κ1) is 21.7. The monoisotopic (exact) mass is 464 g/mol. The minimum absolute atomic E-state index is 0.0251. The Hall–Kier alpha value is -4.15. The molecule has 4 heterocycles. The Bertz CT molecular complexity index is 1460. The van der Waals surface area contributed by atoms with Gasteiger partial charge in [-0.2, -0.15) is 4.98 Å². The highest BCUT2D eigenvalue weighted by Gasteiger charge is 2.37. The van der Waals surface area contributed by atoms with Crippen LogP contribution in [0.15, 0.2) is 51.8 Å². The van der Waals surface area contributed by atoms with E-state index in [9.17, 15) is 24.3 Å². The highest BCUT2D eigenvalue weighted by atomic mass is 16.4. The van der Waals surface area contributed by atoms with E-state index in [1.165, 1.54) is 23.1 Å². The summed E-state index contributed by atoms with van der Waals surface area (Å²) in [5.74, 6) is -0.977. The van der Waals surface area contributed by atoms with Crippen molar-refractivity contribution in [2.24, 2.45) is 13.0 Å². The molecular formula is C23H24N6O5. The van der Waals surface area contributed by atoms with Gasteiger partial charge < -0.3 is 15.3 Å². The van der Waals surface area contributed by atoms with Crippen molar-refractivity contribution >= 4 is 28.9 Å². The van der Waals surface area contributed by atoms with E-state index < -0.39 is 35.6 Å². The van der Waals surface area contributed by atoms with Gasteiger partial charge in [-0.3, -0.25) is 23.3 Å². The van der Waals surface area contributed by atoms with Crippen LogP contribution in [0.1, 0.15) is 29.7 Å². The maximum atomic E-state index is 13.6. The molecule has 5 rings (SSSR count). The number of fused-ring (bicyclic) bond motifs is 2. The quantitative estimate of drug-likeness (QED) is 0.510. The number of imidazole rings is 1. The Morgan fingerprint density at radius 2 is 1.97 bits per heavy atom. The fourth-order valence-corrected chi connectivity index (χ4v) is 4.70. The van der Waals surface area contributed by atoms with Crippen molar-refractivity contribution in [3.05, 3.63) is 68.6 Å². The zero-order chi connectivity index (χ0) is 24.1. The van der Waals surface area contributed by atoms with Gasteiger partial charge in [-0.05, 0) is 13.3 Å². The molecular weight excluding hydrogens is 440 g/mol. The van der Waals surface area contributed by atoms with Crippen LogP contribution in [0.2, 0.25) is 0 Å². The van der Waals surface area contributed by atoms with E-state index in [1.54, 1.807) is 30.3 Å². The first-order valence-corrected chi connectivity index (χ1v) is 11.0. The third-order valence-corrected chi connectivity index (χ3v) is 6.59. The second-order valence-corrected chi connectivity index (χ2v) is 8.61. The zero-order valence-corrected chi connectivity index (χ0v) is 18.8. The number of rotatable bonds is 6. The SMILES string of the molecule is CC(C(=O)O)n1c(N2CCC3CNC=C32)nc2c1c(=O)n(CC(=O)c1ccccc1)c(=O)n2C. The number of carbonyl (C=O) groups excluding carboxylic acids is 1. The average molecular weight is 464 g/mol. The number of anilines is 1. The molecule has 0 spiro atoms. The molecule has 3 aromatic rings. The van der Waals surface area contributed by atoms with Crippen LogP contribution in [0, 0.1) is 5.92 Å². The van der Waals surface area contributed by atoms with Gasteiger partial charge in [0, 0.05) is 43.5 Å². The fourth-order valence-electron chi connectivity index (χ4n) is 4.70.